The molecule has 8 heteroatoms. The summed E-state index contributed by atoms with van der Waals surface area (Å²) in [4.78, 5) is 0. The molecule has 0 saturated carbocycles. The second kappa shape index (κ2) is 26.2. The molecule has 0 amide bonds. The molecule has 0 spiro atoms. The minimum Gasteiger partial charge on any atom is -0.508 e. The van der Waals surface area contributed by atoms with Gasteiger partial charge in [-0.1, -0.05) is 59.8 Å². The molecule has 0 radical (unpaired) electrons. The lowest BCUT2D eigenvalue weighted by molar-refractivity contribution is -0.0146. The first-order chi connectivity index (χ1) is 20.0. The molecule has 0 unspecified atom stereocenters. The molecular formula is C33H60O8. The Balaban J connectivity index is 2.30. The summed E-state index contributed by atoms with van der Waals surface area (Å²) in [5.41, 5.74) is 2.05. The van der Waals surface area contributed by atoms with Gasteiger partial charge in [-0.15, -0.1) is 0 Å². The SMILES string of the molecule is CCCCCc1cc(O)c(CC[C@H](C)CCCC(C)C)c(OCCOCCOCCOCCOCCOCCO)c1. The van der Waals surface area contributed by atoms with Crippen LogP contribution in [0, 0.1) is 11.8 Å². The lowest BCUT2D eigenvalue weighted by atomic mass is 9.93. The van der Waals surface area contributed by atoms with E-state index in [0.717, 1.165) is 48.5 Å². The van der Waals surface area contributed by atoms with Crippen molar-refractivity contribution in [2.24, 2.45) is 11.8 Å². The Morgan fingerprint density at radius 3 is 1.73 bits per heavy atom. The normalized spacial score (nSPS) is 12.3. The van der Waals surface area contributed by atoms with Gasteiger partial charge in [0.15, 0.2) is 0 Å². The van der Waals surface area contributed by atoms with E-state index in [9.17, 15) is 5.11 Å². The Bertz CT molecular complexity index is 727. The number of ether oxygens (including phenoxy) is 6. The monoisotopic (exact) mass is 584 g/mol. The first-order valence-corrected chi connectivity index (χ1v) is 15.9. The quantitative estimate of drug-likeness (QED) is 0.111. The summed E-state index contributed by atoms with van der Waals surface area (Å²) in [6.45, 7) is 14.3. The molecule has 0 aliphatic carbocycles. The number of aryl methyl sites for hydroxylation is 1. The first-order valence-electron chi connectivity index (χ1n) is 15.9. The van der Waals surface area contributed by atoms with Gasteiger partial charge < -0.3 is 38.6 Å². The highest BCUT2D eigenvalue weighted by molar-refractivity contribution is 5.47. The summed E-state index contributed by atoms with van der Waals surface area (Å²) in [6.07, 6.45) is 10.1. The minimum atomic E-state index is 0.0280. The fourth-order valence-electron chi connectivity index (χ4n) is 4.46. The fourth-order valence-corrected chi connectivity index (χ4v) is 4.46. The second-order valence-corrected chi connectivity index (χ2v) is 11.2. The summed E-state index contributed by atoms with van der Waals surface area (Å²) < 4.78 is 33.3. The lowest BCUT2D eigenvalue weighted by Gasteiger charge is -2.17. The first kappa shape index (κ1) is 37.6. The number of aliphatic hydroxyl groups excluding tert-OH is 1. The lowest BCUT2D eigenvalue weighted by Crippen LogP contribution is -2.15. The average molecular weight is 585 g/mol. The highest BCUT2D eigenvalue weighted by atomic mass is 16.6. The number of hydrogen-bond donors (Lipinski definition) is 2. The Morgan fingerprint density at radius 2 is 1.20 bits per heavy atom. The molecule has 8 nitrogen and oxygen atoms in total. The second-order valence-electron chi connectivity index (χ2n) is 11.2. The predicted octanol–water partition coefficient (Wildman–Crippen LogP) is 5.97. The van der Waals surface area contributed by atoms with Crippen LogP contribution in [-0.4, -0.2) is 89.5 Å². The molecule has 0 bridgehead atoms. The smallest absolute Gasteiger partial charge is 0.126 e. The molecule has 0 aliphatic heterocycles. The molecule has 0 saturated heterocycles. The third-order valence-electron chi connectivity index (χ3n) is 6.89. The highest BCUT2D eigenvalue weighted by Gasteiger charge is 2.14. The summed E-state index contributed by atoms with van der Waals surface area (Å²) in [5, 5.41) is 19.5. The van der Waals surface area contributed by atoms with Crippen LogP contribution in [0.15, 0.2) is 12.1 Å². The van der Waals surface area contributed by atoms with Crippen molar-refractivity contribution in [3.63, 3.8) is 0 Å². The predicted molar refractivity (Wildman–Crippen MR) is 164 cm³/mol. The van der Waals surface area contributed by atoms with Crippen molar-refractivity contribution in [2.45, 2.75) is 85.5 Å². The van der Waals surface area contributed by atoms with E-state index in [1.54, 1.807) is 0 Å². The van der Waals surface area contributed by atoms with Crippen LogP contribution in [0.4, 0.5) is 0 Å². The Labute approximate surface area is 250 Å². The van der Waals surface area contributed by atoms with E-state index in [4.69, 9.17) is 33.5 Å². The van der Waals surface area contributed by atoms with Gasteiger partial charge in [-0.3, -0.25) is 0 Å². The maximum absolute atomic E-state index is 10.9. The highest BCUT2D eigenvalue weighted by Crippen LogP contribution is 2.33. The summed E-state index contributed by atoms with van der Waals surface area (Å²) in [5.74, 6) is 2.53. The van der Waals surface area contributed by atoms with Crippen LogP contribution in [0.3, 0.4) is 0 Å². The summed E-state index contributed by atoms with van der Waals surface area (Å²) in [6, 6.07) is 4.05. The third-order valence-corrected chi connectivity index (χ3v) is 6.89. The molecule has 1 aromatic rings. The van der Waals surface area contributed by atoms with E-state index >= 15 is 0 Å². The van der Waals surface area contributed by atoms with Crippen LogP contribution in [-0.2, 0) is 36.5 Å². The van der Waals surface area contributed by atoms with Gasteiger partial charge in [0.2, 0.25) is 0 Å². The Hall–Kier alpha value is -1.42. The third kappa shape index (κ3) is 21.0. The van der Waals surface area contributed by atoms with Crippen LogP contribution in [0.5, 0.6) is 11.5 Å². The zero-order valence-corrected chi connectivity index (χ0v) is 26.5. The Kier molecular flexibility index (Phi) is 24.1. The fraction of sp³-hybridized carbons (Fsp3) is 0.818. The average Bonchev–Trinajstić information content (AvgIpc) is 2.94. The topological polar surface area (TPSA) is 95.8 Å². The van der Waals surface area contributed by atoms with Crippen molar-refractivity contribution >= 4 is 0 Å². The van der Waals surface area contributed by atoms with Crippen molar-refractivity contribution in [2.75, 3.05) is 79.3 Å². The molecule has 1 rings (SSSR count). The number of phenolic OH excluding ortho intramolecular Hbond substituents is 1. The largest absolute Gasteiger partial charge is 0.508 e. The molecular weight excluding hydrogens is 524 g/mol. The van der Waals surface area contributed by atoms with Crippen LogP contribution < -0.4 is 4.74 Å². The van der Waals surface area contributed by atoms with Crippen LogP contribution in [0.1, 0.15) is 83.8 Å². The van der Waals surface area contributed by atoms with Crippen molar-refractivity contribution in [1.29, 1.82) is 0 Å². The van der Waals surface area contributed by atoms with Gasteiger partial charge in [0, 0.05) is 5.56 Å². The number of aliphatic hydroxyl groups is 1. The van der Waals surface area contributed by atoms with Gasteiger partial charge in [0.25, 0.3) is 0 Å². The standard InChI is InChI=1S/C33H60O8/c1-5-6-7-11-30-26-32(35)31(13-12-29(4)10-8-9-28(2)3)33(27-30)41-25-24-40-23-22-39-21-20-38-19-18-37-17-16-36-15-14-34/h26-29,34-35H,5-25H2,1-4H3/t29-/m1/s1. The van der Waals surface area contributed by atoms with Crippen molar-refractivity contribution in [3.8, 4) is 11.5 Å². The van der Waals surface area contributed by atoms with E-state index in [0.29, 0.717) is 84.3 Å². The zero-order chi connectivity index (χ0) is 30.0. The van der Waals surface area contributed by atoms with Gasteiger partial charge in [-0.05, 0) is 55.2 Å². The molecule has 0 heterocycles. The molecule has 1 aromatic carbocycles. The molecule has 0 aromatic heterocycles. The van der Waals surface area contributed by atoms with Gasteiger partial charge in [-0.25, -0.2) is 0 Å². The maximum atomic E-state index is 10.9. The van der Waals surface area contributed by atoms with Crippen LogP contribution in [0.25, 0.3) is 0 Å². The number of unbranched alkanes of at least 4 members (excludes halogenated alkanes) is 2. The molecule has 0 fully saturated rings. The number of benzene rings is 1. The van der Waals surface area contributed by atoms with Gasteiger partial charge in [0.1, 0.15) is 18.1 Å². The van der Waals surface area contributed by atoms with Gasteiger partial charge in [-0.2, -0.15) is 0 Å². The summed E-state index contributed by atoms with van der Waals surface area (Å²) in [7, 11) is 0. The molecule has 41 heavy (non-hydrogen) atoms. The van der Waals surface area contributed by atoms with Crippen molar-refractivity contribution in [1.82, 2.24) is 0 Å². The zero-order valence-electron chi connectivity index (χ0n) is 26.5. The van der Waals surface area contributed by atoms with Crippen molar-refractivity contribution < 1.29 is 38.6 Å². The number of hydrogen-bond acceptors (Lipinski definition) is 8. The van der Waals surface area contributed by atoms with E-state index < -0.39 is 0 Å². The number of phenols is 1. The maximum Gasteiger partial charge on any atom is 0.126 e. The molecule has 1 atom stereocenters. The molecule has 240 valence electrons. The van der Waals surface area contributed by atoms with Gasteiger partial charge >= 0.3 is 0 Å². The van der Waals surface area contributed by atoms with E-state index in [1.807, 2.05) is 6.07 Å². The van der Waals surface area contributed by atoms with Crippen molar-refractivity contribution in [3.05, 3.63) is 23.3 Å². The van der Waals surface area contributed by atoms with Gasteiger partial charge in [0.05, 0.1) is 72.7 Å². The van der Waals surface area contributed by atoms with Crippen LogP contribution in [0.2, 0.25) is 0 Å². The Morgan fingerprint density at radius 1 is 0.634 bits per heavy atom. The van der Waals surface area contributed by atoms with E-state index in [1.165, 1.54) is 32.1 Å². The summed E-state index contributed by atoms with van der Waals surface area (Å²) >= 11 is 0. The van der Waals surface area contributed by atoms with Crippen LogP contribution >= 0.6 is 0 Å². The van der Waals surface area contributed by atoms with E-state index in [-0.39, 0.29) is 6.61 Å². The number of rotatable bonds is 29. The number of aromatic hydroxyl groups is 1. The molecule has 0 aliphatic rings. The minimum absolute atomic E-state index is 0.0280. The molecule has 2 N–H and O–H groups in total. The van der Waals surface area contributed by atoms with E-state index in [2.05, 4.69) is 33.8 Å².